The summed E-state index contributed by atoms with van der Waals surface area (Å²) in [5.41, 5.74) is 0.636. The Morgan fingerprint density at radius 2 is 2.00 bits per heavy atom. The maximum atomic E-state index is 5.88. The molecule has 106 valence electrons. The van der Waals surface area contributed by atoms with Gasteiger partial charge in [-0.2, -0.15) is 0 Å². The van der Waals surface area contributed by atoms with Crippen LogP contribution in [0.25, 0.3) is 0 Å². The molecule has 2 heterocycles. The fraction of sp³-hybridized carbons (Fsp3) is 1.00. The summed E-state index contributed by atoms with van der Waals surface area (Å²) >= 11 is 0. The molecule has 0 amide bonds. The minimum atomic E-state index is -0.686. The number of hydrogen-bond acceptors (Lipinski definition) is 3. The molecule has 0 bridgehead atoms. The minimum Gasteiger partial charge on any atom is -0.382 e. The molecule has 2 saturated heterocycles. The summed E-state index contributed by atoms with van der Waals surface area (Å²) in [4.78, 5) is 0. The van der Waals surface area contributed by atoms with Crippen molar-refractivity contribution in [2.24, 2.45) is 0 Å². The van der Waals surface area contributed by atoms with Crippen LogP contribution in [0.3, 0.4) is 0 Å². The molecule has 0 radical (unpaired) electrons. The second-order valence-corrected chi connectivity index (χ2v) is 9.01. The predicted molar refractivity (Wildman–Crippen MR) is 75.8 cm³/mol. The van der Waals surface area contributed by atoms with E-state index in [1.54, 1.807) is 0 Å². The van der Waals surface area contributed by atoms with Crippen LogP contribution in [-0.4, -0.2) is 47.1 Å². The van der Waals surface area contributed by atoms with Crippen LogP contribution in [0.15, 0.2) is 0 Å². The summed E-state index contributed by atoms with van der Waals surface area (Å²) in [6.45, 7) is 6.09. The van der Waals surface area contributed by atoms with Crippen molar-refractivity contribution in [1.82, 2.24) is 0 Å². The molecule has 3 atom stereocenters. The largest absolute Gasteiger partial charge is 0.382 e. The van der Waals surface area contributed by atoms with Gasteiger partial charge in [-0.3, -0.25) is 0 Å². The Morgan fingerprint density at radius 1 is 1.11 bits per heavy atom. The third kappa shape index (κ3) is 5.00. The predicted octanol–water partition coefficient (Wildman–Crippen LogP) is 2.54. The molecule has 0 aromatic heterocycles. The van der Waals surface area contributed by atoms with Crippen molar-refractivity contribution >= 4 is 8.80 Å². The number of hydrogen-bond donors (Lipinski definition) is 0. The molecular formula is C14H28O3Si. The lowest BCUT2D eigenvalue weighted by atomic mass is 10.2. The fourth-order valence-corrected chi connectivity index (χ4v) is 5.35. The molecule has 18 heavy (non-hydrogen) atoms. The molecule has 0 saturated carbocycles. The molecule has 2 aliphatic heterocycles. The van der Waals surface area contributed by atoms with Crippen molar-refractivity contribution in [1.29, 1.82) is 0 Å². The van der Waals surface area contributed by atoms with Gasteiger partial charge in [-0.05, 0) is 38.5 Å². The van der Waals surface area contributed by atoms with Crippen LogP contribution >= 0.6 is 0 Å². The lowest BCUT2D eigenvalue weighted by molar-refractivity contribution is 0.0172. The second kappa shape index (κ2) is 8.30. The van der Waals surface area contributed by atoms with E-state index in [-0.39, 0.29) is 0 Å². The minimum absolute atomic E-state index is 0.376. The summed E-state index contributed by atoms with van der Waals surface area (Å²) < 4.78 is 17.1. The Morgan fingerprint density at radius 3 is 2.72 bits per heavy atom. The Labute approximate surface area is 113 Å². The van der Waals surface area contributed by atoms with Crippen molar-refractivity contribution in [3.8, 4) is 0 Å². The van der Waals surface area contributed by atoms with E-state index in [9.17, 15) is 0 Å². The summed E-state index contributed by atoms with van der Waals surface area (Å²) in [5, 5.41) is 0. The number of ether oxygens (including phenoxy) is 3. The van der Waals surface area contributed by atoms with Crippen molar-refractivity contribution in [2.45, 2.75) is 62.9 Å². The Bertz CT molecular complexity index is 213. The van der Waals surface area contributed by atoms with Gasteiger partial charge in [0.15, 0.2) is 0 Å². The van der Waals surface area contributed by atoms with E-state index in [1.807, 2.05) is 0 Å². The van der Waals surface area contributed by atoms with Crippen LogP contribution in [0.4, 0.5) is 0 Å². The summed E-state index contributed by atoms with van der Waals surface area (Å²) in [6, 6.07) is 1.36. The van der Waals surface area contributed by atoms with Gasteiger partial charge in [0.2, 0.25) is 0 Å². The Balaban J connectivity index is 1.46. The molecule has 2 aliphatic rings. The zero-order chi connectivity index (χ0) is 12.6. The van der Waals surface area contributed by atoms with Gasteiger partial charge in [-0.25, -0.2) is 0 Å². The summed E-state index contributed by atoms with van der Waals surface area (Å²) in [6.07, 6.45) is 7.92. The molecular weight excluding hydrogens is 244 g/mol. The molecule has 3 nitrogen and oxygen atoms in total. The molecule has 0 aromatic rings. The van der Waals surface area contributed by atoms with E-state index in [2.05, 4.69) is 6.55 Å². The van der Waals surface area contributed by atoms with E-state index in [0.717, 1.165) is 26.4 Å². The van der Waals surface area contributed by atoms with Crippen molar-refractivity contribution in [2.75, 3.05) is 26.4 Å². The van der Waals surface area contributed by atoms with Gasteiger partial charge in [0, 0.05) is 25.5 Å². The second-order valence-electron chi connectivity index (χ2n) is 5.73. The quantitative estimate of drug-likeness (QED) is 0.526. The molecule has 0 N–H and O–H groups in total. The van der Waals surface area contributed by atoms with Gasteiger partial charge < -0.3 is 14.2 Å². The van der Waals surface area contributed by atoms with E-state index < -0.39 is 8.80 Å². The lowest BCUT2D eigenvalue weighted by Gasteiger charge is -2.27. The maximum Gasteiger partial charge on any atom is 0.0809 e. The highest BCUT2D eigenvalue weighted by molar-refractivity contribution is 6.58. The Kier molecular flexibility index (Phi) is 6.69. The molecule has 2 fully saturated rings. The van der Waals surface area contributed by atoms with E-state index in [1.165, 1.54) is 44.6 Å². The van der Waals surface area contributed by atoms with Crippen LogP contribution in [-0.2, 0) is 14.2 Å². The van der Waals surface area contributed by atoms with Gasteiger partial charge in [-0.15, -0.1) is 0 Å². The zero-order valence-electron chi connectivity index (χ0n) is 11.7. The first-order chi connectivity index (χ1) is 8.86. The van der Waals surface area contributed by atoms with Gasteiger partial charge in [-0.1, -0.05) is 12.6 Å². The molecule has 0 spiro atoms. The first-order valence-electron chi connectivity index (χ1n) is 7.67. The van der Waals surface area contributed by atoms with Crippen LogP contribution in [0.1, 0.15) is 38.5 Å². The lowest BCUT2D eigenvalue weighted by Crippen LogP contribution is -2.33. The van der Waals surface area contributed by atoms with Gasteiger partial charge in [0.25, 0.3) is 0 Å². The maximum absolute atomic E-state index is 5.88. The van der Waals surface area contributed by atoms with Gasteiger partial charge >= 0.3 is 0 Å². The highest BCUT2D eigenvalue weighted by Crippen LogP contribution is 2.18. The smallest absolute Gasteiger partial charge is 0.0809 e. The van der Waals surface area contributed by atoms with Crippen LogP contribution < -0.4 is 0 Å². The average molecular weight is 272 g/mol. The van der Waals surface area contributed by atoms with Crippen molar-refractivity contribution in [3.63, 3.8) is 0 Å². The van der Waals surface area contributed by atoms with Gasteiger partial charge in [0.1, 0.15) is 0 Å². The van der Waals surface area contributed by atoms with Gasteiger partial charge in [0.05, 0.1) is 21.5 Å². The van der Waals surface area contributed by atoms with E-state index in [0.29, 0.717) is 11.8 Å². The average Bonchev–Trinajstić information content (AvgIpc) is 2.92. The Hall–Kier alpha value is 0.0969. The molecule has 2 rings (SSSR count). The molecule has 0 aromatic carbocycles. The van der Waals surface area contributed by atoms with Crippen LogP contribution in [0.5, 0.6) is 0 Å². The zero-order valence-corrected chi connectivity index (χ0v) is 12.9. The number of rotatable bonds is 7. The molecule has 0 aliphatic carbocycles. The SMILES string of the molecule is C[SiH](CCCOCC1CCCO1)C1CCCCO1. The molecule has 4 heteroatoms. The van der Waals surface area contributed by atoms with Crippen LogP contribution in [0, 0.1) is 0 Å². The fourth-order valence-electron chi connectivity index (χ4n) is 2.90. The van der Waals surface area contributed by atoms with Crippen molar-refractivity contribution < 1.29 is 14.2 Å². The standard InChI is InChI=1S/C14H28O3Si/c1-18(14-7-2-3-9-17-14)11-5-8-15-12-13-6-4-10-16-13/h13-14,18H,2-12H2,1H3. The van der Waals surface area contributed by atoms with Crippen LogP contribution in [0.2, 0.25) is 12.6 Å². The summed E-state index contributed by atoms with van der Waals surface area (Å²) in [7, 11) is -0.686. The van der Waals surface area contributed by atoms with E-state index in [4.69, 9.17) is 14.2 Å². The topological polar surface area (TPSA) is 27.7 Å². The first-order valence-corrected chi connectivity index (χ1v) is 10.3. The summed E-state index contributed by atoms with van der Waals surface area (Å²) in [5.74, 6) is 0. The first kappa shape index (κ1) is 14.5. The third-order valence-corrected chi connectivity index (χ3v) is 7.24. The van der Waals surface area contributed by atoms with E-state index >= 15 is 0 Å². The third-order valence-electron chi connectivity index (χ3n) is 4.13. The molecule has 3 unspecified atom stereocenters. The highest BCUT2D eigenvalue weighted by atomic mass is 28.3. The highest BCUT2D eigenvalue weighted by Gasteiger charge is 2.21. The normalized spacial score (nSPS) is 30.5. The van der Waals surface area contributed by atoms with Crippen molar-refractivity contribution in [3.05, 3.63) is 0 Å². The monoisotopic (exact) mass is 272 g/mol.